The normalized spacial score (nSPS) is 10.5. The highest BCUT2D eigenvalue weighted by molar-refractivity contribution is 5.79. The molecular formula is C21H16N6. The van der Waals surface area contributed by atoms with E-state index in [0.717, 1.165) is 27.7 Å². The molecule has 4 rings (SSSR count). The van der Waals surface area contributed by atoms with Gasteiger partial charge in [0.2, 0.25) is 0 Å². The van der Waals surface area contributed by atoms with Crippen molar-refractivity contribution in [2.45, 2.75) is 6.54 Å². The van der Waals surface area contributed by atoms with Crippen LogP contribution in [0.3, 0.4) is 0 Å². The van der Waals surface area contributed by atoms with Gasteiger partial charge < -0.3 is 11.1 Å². The molecule has 1 aromatic carbocycles. The molecule has 0 atom stereocenters. The molecule has 3 heterocycles. The number of nitrogen functional groups attached to an aromatic ring is 1. The number of nitriles is 1. The summed E-state index contributed by atoms with van der Waals surface area (Å²) in [6.07, 6.45) is 3.42. The van der Waals surface area contributed by atoms with Crippen LogP contribution in [0.1, 0.15) is 11.3 Å². The standard InChI is InChI=1S/C21H16N6/c22-11-17-5-4-16(13-25-17)20-8-6-18(23)21(27-20)26-12-14-3-7-19-15(10-14)2-1-9-24-19/h1-10,13H,12,23H2,(H,26,27). The second-order valence-electron chi connectivity index (χ2n) is 6.06. The number of fused-ring (bicyclic) bond motifs is 1. The van der Waals surface area contributed by atoms with E-state index in [9.17, 15) is 0 Å². The van der Waals surface area contributed by atoms with Gasteiger partial charge >= 0.3 is 0 Å². The molecule has 0 radical (unpaired) electrons. The number of pyridine rings is 3. The molecule has 0 fully saturated rings. The lowest BCUT2D eigenvalue weighted by Crippen LogP contribution is -2.05. The van der Waals surface area contributed by atoms with E-state index in [1.807, 2.05) is 48.5 Å². The number of aromatic nitrogens is 3. The highest BCUT2D eigenvalue weighted by atomic mass is 15.0. The first-order valence-corrected chi connectivity index (χ1v) is 8.43. The Bertz CT molecular complexity index is 1150. The molecular weight excluding hydrogens is 336 g/mol. The van der Waals surface area contributed by atoms with Crippen molar-refractivity contribution in [1.82, 2.24) is 15.0 Å². The van der Waals surface area contributed by atoms with E-state index < -0.39 is 0 Å². The van der Waals surface area contributed by atoms with E-state index in [4.69, 9.17) is 11.0 Å². The molecule has 6 nitrogen and oxygen atoms in total. The third-order valence-corrected chi connectivity index (χ3v) is 4.23. The highest BCUT2D eigenvalue weighted by Gasteiger charge is 2.06. The van der Waals surface area contributed by atoms with Crippen molar-refractivity contribution in [3.8, 4) is 17.3 Å². The fraction of sp³-hybridized carbons (Fsp3) is 0.0476. The minimum atomic E-state index is 0.373. The van der Waals surface area contributed by atoms with Gasteiger partial charge in [-0.25, -0.2) is 9.97 Å². The Hall–Kier alpha value is -3.98. The number of hydrogen-bond acceptors (Lipinski definition) is 6. The fourth-order valence-corrected chi connectivity index (χ4v) is 2.80. The van der Waals surface area contributed by atoms with E-state index in [2.05, 4.69) is 26.3 Å². The third-order valence-electron chi connectivity index (χ3n) is 4.23. The van der Waals surface area contributed by atoms with Crippen LogP contribution in [0.5, 0.6) is 0 Å². The summed E-state index contributed by atoms with van der Waals surface area (Å²) in [6.45, 7) is 0.594. The van der Waals surface area contributed by atoms with Crippen LogP contribution in [-0.4, -0.2) is 15.0 Å². The summed E-state index contributed by atoms with van der Waals surface area (Å²) in [4.78, 5) is 13.0. The largest absolute Gasteiger partial charge is 0.396 e. The average Bonchev–Trinajstić information content (AvgIpc) is 2.73. The topological polar surface area (TPSA) is 101 Å². The minimum Gasteiger partial charge on any atom is -0.396 e. The van der Waals surface area contributed by atoms with Crippen molar-refractivity contribution in [2.75, 3.05) is 11.1 Å². The Labute approximate surface area is 156 Å². The van der Waals surface area contributed by atoms with Crippen molar-refractivity contribution in [3.05, 3.63) is 78.2 Å². The molecule has 130 valence electrons. The summed E-state index contributed by atoms with van der Waals surface area (Å²) in [6, 6.07) is 19.3. The van der Waals surface area contributed by atoms with Crippen molar-refractivity contribution in [3.63, 3.8) is 0 Å². The molecule has 6 heteroatoms. The summed E-state index contributed by atoms with van der Waals surface area (Å²) in [5, 5.41) is 13.3. The molecule has 27 heavy (non-hydrogen) atoms. The van der Waals surface area contributed by atoms with E-state index in [0.29, 0.717) is 23.7 Å². The van der Waals surface area contributed by atoms with E-state index in [1.54, 1.807) is 18.5 Å². The van der Waals surface area contributed by atoms with Gasteiger partial charge in [0.25, 0.3) is 0 Å². The summed E-state index contributed by atoms with van der Waals surface area (Å²) >= 11 is 0. The van der Waals surface area contributed by atoms with Gasteiger partial charge in [0.05, 0.1) is 16.9 Å². The summed E-state index contributed by atoms with van der Waals surface area (Å²) < 4.78 is 0. The van der Waals surface area contributed by atoms with Crippen molar-refractivity contribution in [2.24, 2.45) is 0 Å². The van der Waals surface area contributed by atoms with Gasteiger partial charge in [0, 0.05) is 29.9 Å². The Morgan fingerprint density at radius 3 is 2.78 bits per heavy atom. The Morgan fingerprint density at radius 2 is 1.96 bits per heavy atom. The van der Waals surface area contributed by atoms with Crippen LogP contribution in [0.25, 0.3) is 22.2 Å². The van der Waals surface area contributed by atoms with Crippen LogP contribution < -0.4 is 11.1 Å². The van der Waals surface area contributed by atoms with Gasteiger partial charge in [0.15, 0.2) is 0 Å². The lowest BCUT2D eigenvalue weighted by atomic mass is 10.1. The number of anilines is 2. The predicted molar refractivity (Wildman–Crippen MR) is 106 cm³/mol. The van der Waals surface area contributed by atoms with Gasteiger partial charge in [-0.05, 0) is 48.0 Å². The van der Waals surface area contributed by atoms with E-state index in [1.165, 1.54) is 0 Å². The van der Waals surface area contributed by atoms with Crippen molar-refractivity contribution >= 4 is 22.4 Å². The first kappa shape index (κ1) is 16.5. The number of rotatable bonds is 4. The van der Waals surface area contributed by atoms with E-state index in [-0.39, 0.29) is 0 Å². The Balaban J connectivity index is 1.56. The van der Waals surface area contributed by atoms with Gasteiger partial charge in [-0.15, -0.1) is 0 Å². The van der Waals surface area contributed by atoms with Crippen LogP contribution in [0.4, 0.5) is 11.5 Å². The summed E-state index contributed by atoms with van der Waals surface area (Å²) in [7, 11) is 0. The first-order valence-electron chi connectivity index (χ1n) is 8.43. The SMILES string of the molecule is N#Cc1ccc(-c2ccc(N)c(NCc3ccc4ncccc4c3)n2)cn1. The van der Waals surface area contributed by atoms with Crippen LogP contribution in [-0.2, 0) is 6.54 Å². The Morgan fingerprint density at radius 1 is 1.04 bits per heavy atom. The van der Waals surface area contributed by atoms with Gasteiger partial charge in [-0.2, -0.15) is 5.26 Å². The zero-order valence-electron chi connectivity index (χ0n) is 14.4. The quantitative estimate of drug-likeness (QED) is 0.580. The second kappa shape index (κ2) is 7.10. The first-order chi connectivity index (χ1) is 13.2. The second-order valence-corrected chi connectivity index (χ2v) is 6.06. The number of benzene rings is 1. The molecule has 0 spiro atoms. The Kier molecular flexibility index (Phi) is 4.33. The summed E-state index contributed by atoms with van der Waals surface area (Å²) in [5.74, 6) is 0.614. The molecule has 0 aliphatic heterocycles. The van der Waals surface area contributed by atoms with Crippen LogP contribution in [0.15, 0.2) is 67.0 Å². The molecule has 0 amide bonds. The van der Waals surface area contributed by atoms with Crippen molar-refractivity contribution < 1.29 is 0 Å². The van der Waals surface area contributed by atoms with Gasteiger partial charge in [-0.1, -0.05) is 12.1 Å². The molecule has 0 unspecified atom stereocenters. The molecule has 0 saturated heterocycles. The maximum Gasteiger partial charge on any atom is 0.150 e. The fourth-order valence-electron chi connectivity index (χ4n) is 2.80. The third kappa shape index (κ3) is 3.53. The molecule has 4 aromatic rings. The lowest BCUT2D eigenvalue weighted by molar-refractivity contribution is 1.12. The minimum absolute atomic E-state index is 0.373. The molecule has 0 aliphatic rings. The van der Waals surface area contributed by atoms with Crippen LogP contribution in [0, 0.1) is 11.3 Å². The van der Waals surface area contributed by atoms with Crippen LogP contribution in [0.2, 0.25) is 0 Å². The average molecular weight is 352 g/mol. The number of hydrogen-bond donors (Lipinski definition) is 2. The number of nitrogens with one attached hydrogen (secondary N) is 1. The number of nitrogens with zero attached hydrogens (tertiary/aromatic N) is 4. The molecule has 0 saturated carbocycles. The monoisotopic (exact) mass is 352 g/mol. The summed E-state index contributed by atoms with van der Waals surface area (Å²) in [5.41, 5.74) is 10.7. The maximum atomic E-state index is 8.87. The maximum absolute atomic E-state index is 8.87. The van der Waals surface area contributed by atoms with E-state index >= 15 is 0 Å². The molecule has 0 aliphatic carbocycles. The number of nitrogens with two attached hydrogens (primary N) is 1. The van der Waals surface area contributed by atoms with Gasteiger partial charge in [0.1, 0.15) is 17.6 Å². The molecule has 0 bridgehead atoms. The zero-order chi connectivity index (χ0) is 18.6. The van der Waals surface area contributed by atoms with Crippen LogP contribution >= 0.6 is 0 Å². The zero-order valence-corrected chi connectivity index (χ0v) is 14.4. The smallest absolute Gasteiger partial charge is 0.150 e. The van der Waals surface area contributed by atoms with Gasteiger partial charge in [-0.3, -0.25) is 4.98 Å². The lowest BCUT2D eigenvalue weighted by Gasteiger charge is -2.11. The molecule has 3 aromatic heterocycles. The van der Waals surface area contributed by atoms with Crippen molar-refractivity contribution in [1.29, 1.82) is 5.26 Å². The highest BCUT2D eigenvalue weighted by Crippen LogP contribution is 2.24. The predicted octanol–water partition coefficient (Wildman–Crippen LogP) is 3.76. The molecule has 3 N–H and O–H groups in total.